The first-order valence-electron chi connectivity index (χ1n) is 9.17. The van der Waals surface area contributed by atoms with Gasteiger partial charge in [0.15, 0.2) is 0 Å². The molecule has 0 unspecified atom stereocenters. The summed E-state index contributed by atoms with van der Waals surface area (Å²) >= 11 is 1.28. The van der Waals surface area contributed by atoms with Gasteiger partial charge >= 0.3 is 5.69 Å². The fourth-order valence-corrected chi connectivity index (χ4v) is 4.42. The Labute approximate surface area is 172 Å². The summed E-state index contributed by atoms with van der Waals surface area (Å²) in [7, 11) is 3.02. The predicted octanol–water partition coefficient (Wildman–Crippen LogP) is 2.60. The molecule has 29 heavy (non-hydrogen) atoms. The van der Waals surface area contributed by atoms with Crippen molar-refractivity contribution < 1.29 is 4.79 Å². The number of aromatic nitrogens is 3. The highest BCUT2D eigenvalue weighted by atomic mass is 32.2. The summed E-state index contributed by atoms with van der Waals surface area (Å²) in [5.41, 5.74) is 4.24. The lowest BCUT2D eigenvalue weighted by Gasteiger charge is -2.14. The zero-order chi connectivity index (χ0) is 21.5. The van der Waals surface area contributed by atoms with Crippen molar-refractivity contribution in [2.75, 3.05) is 11.1 Å². The molecule has 0 fully saturated rings. The minimum atomic E-state index is -0.433. The molecule has 0 atom stereocenters. The number of anilines is 1. The van der Waals surface area contributed by atoms with E-state index in [1.54, 1.807) is 13.2 Å². The molecular weight excluding hydrogens is 388 g/mol. The van der Waals surface area contributed by atoms with Gasteiger partial charge in [0.25, 0.3) is 5.56 Å². The van der Waals surface area contributed by atoms with Crippen LogP contribution in [0.4, 0.5) is 5.69 Å². The number of fused-ring (bicyclic) bond motifs is 1. The zero-order valence-corrected chi connectivity index (χ0v) is 18.2. The molecule has 0 spiro atoms. The number of amides is 1. The van der Waals surface area contributed by atoms with Crippen LogP contribution >= 0.6 is 11.8 Å². The molecule has 3 rings (SSSR count). The molecule has 0 radical (unpaired) electrons. The molecule has 1 N–H and O–H groups in total. The number of pyridine rings is 1. The van der Waals surface area contributed by atoms with E-state index in [-0.39, 0.29) is 11.7 Å². The third-order valence-corrected chi connectivity index (χ3v) is 6.11. The summed E-state index contributed by atoms with van der Waals surface area (Å²) in [5, 5.41) is 3.33. The normalized spacial score (nSPS) is 11.1. The minimum absolute atomic E-state index is 0.138. The Morgan fingerprint density at radius 1 is 1.03 bits per heavy atom. The monoisotopic (exact) mass is 412 g/mol. The van der Waals surface area contributed by atoms with Gasteiger partial charge in [0.05, 0.1) is 11.1 Å². The van der Waals surface area contributed by atoms with Crippen LogP contribution in [0.25, 0.3) is 11.0 Å². The number of carbonyl (C=O) groups is 1. The second-order valence-electron chi connectivity index (χ2n) is 7.29. The third kappa shape index (κ3) is 3.85. The van der Waals surface area contributed by atoms with Crippen molar-refractivity contribution in [2.45, 2.75) is 32.6 Å². The molecule has 0 saturated heterocycles. The number of hydrogen-bond acceptors (Lipinski definition) is 5. The average Bonchev–Trinajstić information content (AvgIpc) is 2.66. The van der Waals surface area contributed by atoms with Crippen molar-refractivity contribution in [3.05, 3.63) is 61.4 Å². The zero-order valence-electron chi connectivity index (χ0n) is 17.4. The maximum Gasteiger partial charge on any atom is 0.332 e. The van der Waals surface area contributed by atoms with Gasteiger partial charge in [-0.2, -0.15) is 0 Å². The summed E-state index contributed by atoms with van der Waals surface area (Å²) < 4.78 is 2.41. The lowest BCUT2D eigenvalue weighted by molar-refractivity contribution is -0.113. The number of thioether (sulfide) groups is 1. The van der Waals surface area contributed by atoms with Crippen LogP contribution in [-0.2, 0) is 18.9 Å². The van der Waals surface area contributed by atoms with E-state index >= 15 is 0 Å². The molecule has 0 aliphatic heterocycles. The Bertz CT molecular complexity index is 1230. The predicted molar refractivity (Wildman–Crippen MR) is 117 cm³/mol. The van der Waals surface area contributed by atoms with Crippen LogP contribution in [0.5, 0.6) is 0 Å². The highest BCUT2D eigenvalue weighted by molar-refractivity contribution is 8.00. The first kappa shape index (κ1) is 20.9. The van der Waals surface area contributed by atoms with Crippen molar-refractivity contribution in [3.8, 4) is 0 Å². The molecule has 2 aromatic heterocycles. The van der Waals surface area contributed by atoms with Gasteiger partial charge in [0.1, 0.15) is 5.65 Å². The van der Waals surface area contributed by atoms with Crippen molar-refractivity contribution in [1.29, 1.82) is 0 Å². The summed E-state index contributed by atoms with van der Waals surface area (Å²) in [6.45, 7) is 7.79. The molecule has 7 nitrogen and oxygen atoms in total. The van der Waals surface area contributed by atoms with Gasteiger partial charge in [-0.25, -0.2) is 9.78 Å². The third-order valence-electron chi connectivity index (χ3n) is 4.89. The molecule has 3 aromatic rings. The van der Waals surface area contributed by atoms with Gasteiger partial charge in [-0.05, 0) is 44.4 Å². The Morgan fingerprint density at radius 3 is 2.28 bits per heavy atom. The maximum absolute atomic E-state index is 12.7. The van der Waals surface area contributed by atoms with Crippen LogP contribution in [0, 0.1) is 27.7 Å². The fraction of sp³-hybridized carbons (Fsp3) is 0.333. The summed E-state index contributed by atoms with van der Waals surface area (Å²) in [4.78, 5) is 42.4. The van der Waals surface area contributed by atoms with E-state index in [9.17, 15) is 14.4 Å². The molecule has 1 aromatic carbocycles. The van der Waals surface area contributed by atoms with E-state index in [0.29, 0.717) is 15.9 Å². The lowest BCUT2D eigenvalue weighted by atomic mass is 10.1. The number of nitrogens with zero attached hydrogens (tertiary/aromatic N) is 3. The minimum Gasteiger partial charge on any atom is -0.325 e. The van der Waals surface area contributed by atoms with E-state index < -0.39 is 11.2 Å². The fourth-order valence-electron chi connectivity index (χ4n) is 3.47. The van der Waals surface area contributed by atoms with E-state index in [2.05, 4.69) is 10.3 Å². The van der Waals surface area contributed by atoms with Crippen LogP contribution in [-0.4, -0.2) is 25.8 Å². The number of nitrogens with one attached hydrogen (secondary N) is 1. The number of carbonyl (C=O) groups excluding carboxylic acids is 1. The van der Waals surface area contributed by atoms with Crippen LogP contribution < -0.4 is 16.6 Å². The van der Waals surface area contributed by atoms with Crippen molar-refractivity contribution in [1.82, 2.24) is 14.1 Å². The van der Waals surface area contributed by atoms with Crippen LogP contribution in [0.2, 0.25) is 0 Å². The molecule has 2 heterocycles. The summed E-state index contributed by atoms with van der Waals surface area (Å²) in [5.74, 6) is -0.0188. The Morgan fingerprint density at radius 2 is 1.66 bits per heavy atom. The molecule has 0 bridgehead atoms. The van der Waals surface area contributed by atoms with Crippen molar-refractivity contribution in [3.63, 3.8) is 0 Å². The van der Waals surface area contributed by atoms with Gasteiger partial charge in [0.2, 0.25) is 5.91 Å². The number of aryl methyl sites for hydroxylation is 5. The highest BCUT2D eigenvalue weighted by Crippen LogP contribution is 2.28. The molecule has 0 aliphatic rings. The first-order chi connectivity index (χ1) is 13.6. The van der Waals surface area contributed by atoms with Gasteiger partial charge < -0.3 is 5.32 Å². The maximum atomic E-state index is 12.7. The summed E-state index contributed by atoms with van der Waals surface area (Å²) in [6.07, 6.45) is 1.62. The van der Waals surface area contributed by atoms with Crippen molar-refractivity contribution in [2.24, 2.45) is 14.1 Å². The van der Waals surface area contributed by atoms with E-state index in [1.165, 1.54) is 23.4 Å². The molecule has 8 heteroatoms. The second kappa shape index (κ2) is 7.87. The average molecular weight is 413 g/mol. The van der Waals surface area contributed by atoms with Gasteiger partial charge in [0, 0.05) is 30.9 Å². The molecule has 0 aliphatic carbocycles. The molecular formula is C21H24N4O3S. The Hall–Kier alpha value is -2.87. The smallest absolute Gasteiger partial charge is 0.325 e. The van der Waals surface area contributed by atoms with E-state index in [0.717, 1.165) is 32.5 Å². The number of rotatable bonds is 4. The largest absolute Gasteiger partial charge is 0.332 e. The second-order valence-corrected chi connectivity index (χ2v) is 8.27. The topological polar surface area (TPSA) is 86.0 Å². The summed E-state index contributed by atoms with van der Waals surface area (Å²) in [6, 6.07) is 4.06. The molecule has 1 amide bonds. The SMILES string of the molecule is Cc1cc(C)c(NC(=O)CSc2c(C)cnc3c2c(=O)n(C)c(=O)n3C)c(C)c1. The van der Waals surface area contributed by atoms with E-state index in [1.807, 2.05) is 39.8 Å². The molecule has 152 valence electrons. The highest BCUT2D eigenvalue weighted by Gasteiger charge is 2.17. The van der Waals surface area contributed by atoms with E-state index in [4.69, 9.17) is 0 Å². The van der Waals surface area contributed by atoms with Crippen LogP contribution in [0.1, 0.15) is 22.3 Å². The lowest BCUT2D eigenvalue weighted by Crippen LogP contribution is -2.37. The van der Waals surface area contributed by atoms with Gasteiger partial charge in [-0.3, -0.25) is 18.7 Å². The number of benzene rings is 1. The first-order valence-corrected chi connectivity index (χ1v) is 10.2. The van der Waals surface area contributed by atoms with Gasteiger partial charge in [-0.15, -0.1) is 11.8 Å². The van der Waals surface area contributed by atoms with Crippen molar-refractivity contribution >= 4 is 34.4 Å². The van der Waals surface area contributed by atoms with Gasteiger partial charge in [-0.1, -0.05) is 17.7 Å². The quantitative estimate of drug-likeness (QED) is 0.666. The van der Waals surface area contributed by atoms with Crippen LogP contribution in [0.3, 0.4) is 0 Å². The molecule has 0 saturated carbocycles. The number of hydrogen-bond donors (Lipinski definition) is 1. The Kier molecular flexibility index (Phi) is 5.66. The van der Waals surface area contributed by atoms with Crippen LogP contribution in [0.15, 0.2) is 32.8 Å². The Balaban J connectivity index is 1.94. The standard InChI is InChI=1S/C21H24N4O3S/c1-11-7-12(2)17(13(3)8-11)23-15(26)10-29-18-14(4)9-22-19-16(18)20(27)25(6)21(28)24(19)5/h7-9H,10H2,1-6H3,(H,23,26).